The molecule has 3 aliphatic rings. The minimum atomic E-state index is -0.498. The number of ether oxygens (including phenoxy) is 2. The molecule has 2 saturated carbocycles. The van der Waals surface area contributed by atoms with Crippen LogP contribution >= 0.6 is 0 Å². The molecule has 1 aromatic carbocycles. The fourth-order valence-corrected chi connectivity index (χ4v) is 5.61. The molecule has 1 aromatic rings. The fourth-order valence-electron chi connectivity index (χ4n) is 5.61. The maximum Gasteiger partial charge on any atom is 0.326 e. The highest BCUT2D eigenvalue weighted by atomic mass is 16.5. The van der Waals surface area contributed by atoms with Gasteiger partial charge in [0.05, 0.1) is 7.11 Å². The Morgan fingerprint density at radius 3 is 2.33 bits per heavy atom. The number of esters is 1. The number of carbonyl (C=O) groups excluding carboxylic acids is 1. The van der Waals surface area contributed by atoms with Crippen LogP contribution in [0.5, 0.6) is 5.75 Å². The van der Waals surface area contributed by atoms with E-state index in [1.807, 2.05) is 19.1 Å². The summed E-state index contributed by atoms with van der Waals surface area (Å²) in [5.74, 6) is 1.51. The Labute approximate surface area is 163 Å². The van der Waals surface area contributed by atoms with Crippen molar-refractivity contribution in [1.82, 2.24) is 4.90 Å². The van der Waals surface area contributed by atoms with Crippen LogP contribution < -0.4 is 4.74 Å². The zero-order valence-electron chi connectivity index (χ0n) is 17.4. The number of methoxy groups -OCH3 is 1. The lowest BCUT2D eigenvalue weighted by atomic mass is 9.70. The lowest BCUT2D eigenvalue weighted by Gasteiger charge is -2.49. The number of rotatable bonds is 5. The molecule has 3 fully saturated rings. The minimum Gasteiger partial charge on any atom is -0.497 e. The van der Waals surface area contributed by atoms with Gasteiger partial charge in [-0.15, -0.1) is 0 Å². The highest BCUT2D eigenvalue weighted by molar-refractivity contribution is 5.81. The summed E-state index contributed by atoms with van der Waals surface area (Å²) in [7, 11) is 1.68. The third-order valence-corrected chi connectivity index (χ3v) is 8.50. The summed E-state index contributed by atoms with van der Waals surface area (Å²) in [4.78, 5) is 15.4. The molecule has 1 saturated heterocycles. The third-order valence-electron chi connectivity index (χ3n) is 8.50. The topological polar surface area (TPSA) is 38.8 Å². The number of hydrogen-bond donors (Lipinski definition) is 0. The van der Waals surface area contributed by atoms with E-state index < -0.39 is 5.54 Å². The summed E-state index contributed by atoms with van der Waals surface area (Å²) < 4.78 is 11.4. The summed E-state index contributed by atoms with van der Waals surface area (Å²) in [5, 5.41) is 0. The molecule has 0 radical (unpaired) electrons. The highest BCUT2D eigenvalue weighted by Crippen LogP contribution is 2.66. The smallest absolute Gasteiger partial charge is 0.326 e. The maximum atomic E-state index is 13.1. The van der Waals surface area contributed by atoms with E-state index >= 15 is 0 Å². The average Bonchev–Trinajstić information content (AvgIpc) is 2.98. The van der Waals surface area contributed by atoms with Crippen molar-refractivity contribution in [3.05, 3.63) is 29.8 Å². The highest BCUT2D eigenvalue weighted by Gasteiger charge is 2.63. The molecule has 0 amide bonds. The van der Waals surface area contributed by atoms with E-state index in [1.54, 1.807) is 7.11 Å². The first-order valence-corrected chi connectivity index (χ1v) is 10.3. The van der Waals surface area contributed by atoms with Crippen molar-refractivity contribution >= 4 is 5.97 Å². The quantitative estimate of drug-likeness (QED) is 0.718. The third kappa shape index (κ3) is 2.71. The first kappa shape index (κ1) is 18.8. The van der Waals surface area contributed by atoms with Crippen LogP contribution in [0.3, 0.4) is 0 Å². The standard InChI is InChI=1S/C23H33NO3/c1-21(2)17-10-11-22(21,3)19(14-17)27-20(25)23(4)12-13-24(23)15-16-6-8-18(26-5)9-7-16/h6-9,17,19H,10-15H2,1-5H3/t17-,19-,22+,23-/m0/s1. The fraction of sp³-hybridized carbons (Fsp3) is 0.696. The van der Waals surface area contributed by atoms with Crippen molar-refractivity contribution in [2.75, 3.05) is 13.7 Å². The zero-order valence-corrected chi connectivity index (χ0v) is 17.4. The molecule has 0 aromatic heterocycles. The Kier molecular flexibility index (Phi) is 4.34. The van der Waals surface area contributed by atoms with Crippen molar-refractivity contribution in [3.63, 3.8) is 0 Å². The van der Waals surface area contributed by atoms with E-state index in [1.165, 1.54) is 18.4 Å². The minimum absolute atomic E-state index is 0.0307. The molecule has 0 unspecified atom stereocenters. The van der Waals surface area contributed by atoms with E-state index in [4.69, 9.17) is 9.47 Å². The number of hydrogen-bond acceptors (Lipinski definition) is 4. The average molecular weight is 372 g/mol. The van der Waals surface area contributed by atoms with Gasteiger partial charge in [-0.1, -0.05) is 32.9 Å². The Bertz CT molecular complexity index is 728. The Balaban J connectivity index is 1.42. The summed E-state index contributed by atoms with van der Waals surface area (Å²) >= 11 is 0. The second-order valence-corrected chi connectivity index (χ2v) is 9.80. The van der Waals surface area contributed by atoms with Gasteiger partial charge in [-0.25, -0.2) is 0 Å². The summed E-state index contributed by atoms with van der Waals surface area (Å²) in [6.45, 7) is 10.8. The SMILES string of the molecule is COc1ccc(CN2CC[C@@]2(C)C(=O)O[C@H]2C[C@@H]3CC[C@@]2(C)C3(C)C)cc1. The van der Waals surface area contributed by atoms with E-state index in [0.29, 0.717) is 5.92 Å². The molecule has 4 rings (SSSR count). The van der Waals surface area contributed by atoms with Gasteiger partial charge in [-0.2, -0.15) is 0 Å². The first-order valence-electron chi connectivity index (χ1n) is 10.3. The van der Waals surface area contributed by atoms with Gasteiger partial charge in [0.2, 0.25) is 0 Å². The predicted octanol–water partition coefficient (Wildman–Crippen LogP) is 4.42. The largest absolute Gasteiger partial charge is 0.497 e. The first-order chi connectivity index (χ1) is 12.7. The van der Waals surface area contributed by atoms with Gasteiger partial charge >= 0.3 is 5.97 Å². The van der Waals surface area contributed by atoms with Gasteiger partial charge in [-0.05, 0) is 61.6 Å². The molecular weight excluding hydrogens is 338 g/mol. The van der Waals surface area contributed by atoms with Gasteiger partial charge in [0, 0.05) is 18.5 Å². The summed E-state index contributed by atoms with van der Waals surface area (Å²) in [6.07, 6.45) is 4.43. The normalized spacial score (nSPS) is 37.1. The number of fused-ring (bicyclic) bond motifs is 2. The molecule has 27 heavy (non-hydrogen) atoms. The molecule has 148 valence electrons. The van der Waals surface area contributed by atoms with Crippen LogP contribution in [0.15, 0.2) is 24.3 Å². The molecule has 4 heteroatoms. The maximum absolute atomic E-state index is 13.1. The molecule has 4 atom stereocenters. The molecule has 4 nitrogen and oxygen atoms in total. The van der Waals surface area contributed by atoms with Gasteiger partial charge in [-0.3, -0.25) is 9.69 Å². The van der Waals surface area contributed by atoms with E-state index in [2.05, 4.69) is 37.8 Å². The lowest BCUT2D eigenvalue weighted by Crippen LogP contribution is -2.63. The van der Waals surface area contributed by atoms with Crippen molar-refractivity contribution in [2.24, 2.45) is 16.7 Å². The molecule has 1 heterocycles. The van der Waals surface area contributed by atoms with Gasteiger partial charge in [0.1, 0.15) is 17.4 Å². The Morgan fingerprint density at radius 1 is 1.15 bits per heavy atom. The van der Waals surface area contributed by atoms with E-state index in [-0.39, 0.29) is 22.9 Å². The Hall–Kier alpha value is -1.55. The van der Waals surface area contributed by atoms with Crippen molar-refractivity contribution < 1.29 is 14.3 Å². The summed E-state index contributed by atoms with van der Waals surface area (Å²) in [6, 6.07) is 8.09. The number of carbonyl (C=O) groups is 1. The second-order valence-electron chi connectivity index (χ2n) is 9.80. The van der Waals surface area contributed by atoms with Crippen molar-refractivity contribution in [3.8, 4) is 5.75 Å². The molecular formula is C23H33NO3. The molecule has 2 aliphatic carbocycles. The van der Waals surface area contributed by atoms with Crippen LogP contribution in [-0.4, -0.2) is 36.2 Å². The van der Waals surface area contributed by atoms with Gasteiger partial charge in [0.25, 0.3) is 0 Å². The number of benzene rings is 1. The predicted molar refractivity (Wildman–Crippen MR) is 106 cm³/mol. The molecule has 0 N–H and O–H groups in total. The molecule has 1 aliphatic heterocycles. The monoisotopic (exact) mass is 371 g/mol. The van der Waals surface area contributed by atoms with Crippen LogP contribution in [0.2, 0.25) is 0 Å². The van der Waals surface area contributed by atoms with Crippen molar-refractivity contribution in [1.29, 1.82) is 0 Å². The van der Waals surface area contributed by atoms with Crippen LogP contribution in [0.1, 0.15) is 58.9 Å². The van der Waals surface area contributed by atoms with Crippen LogP contribution in [-0.2, 0) is 16.1 Å². The van der Waals surface area contributed by atoms with Crippen LogP contribution in [0, 0.1) is 16.7 Å². The van der Waals surface area contributed by atoms with Crippen LogP contribution in [0.25, 0.3) is 0 Å². The molecule has 0 spiro atoms. The molecule has 2 bridgehead atoms. The van der Waals surface area contributed by atoms with Crippen LogP contribution in [0.4, 0.5) is 0 Å². The zero-order chi connectivity index (χ0) is 19.4. The van der Waals surface area contributed by atoms with Gasteiger partial charge in [0.15, 0.2) is 0 Å². The van der Waals surface area contributed by atoms with Crippen molar-refractivity contribution in [2.45, 2.75) is 71.6 Å². The lowest BCUT2D eigenvalue weighted by molar-refractivity contribution is -0.180. The second kappa shape index (κ2) is 6.23. The summed E-state index contributed by atoms with van der Waals surface area (Å²) in [5.41, 5.74) is 1.08. The van der Waals surface area contributed by atoms with E-state index in [9.17, 15) is 4.79 Å². The number of likely N-dealkylation sites (tertiary alicyclic amines) is 1. The van der Waals surface area contributed by atoms with E-state index in [0.717, 1.165) is 31.7 Å². The van der Waals surface area contributed by atoms with Gasteiger partial charge < -0.3 is 9.47 Å². The number of nitrogens with zero attached hydrogens (tertiary/aromatic N) is 1. The Morgan fingerprint density at radius 2 is 1.85 bits per heavy atom.